The average Bonchev–Trinajstić information content (AvgIpc) is 2.78. The van der Waals surface area contributed by atoms with Gasteiger partial charge in [0.2, 0.25) is 0 Å². The van der Waals surface area contributed by atoms with Gasteiger partial charge in [-0.1, -0.05) is 17.3 Å². The van der Waals surface area contributed by atoms with E-state index in [-0.39, 0.29) is 11.9 Å². The van der Waals surface area contributed by atoms with Crippen LogP contribution in [-0.2, 0) is 6.54 Å². The number of tetrazole rings is 1. The molecule has 0 aliphatic heterocycles. The van der Waals surface area contributed by atoms with Crippen molar-refractivity contribution >= 4 is 0 Å². The molecule has 6 heteroatoms. The van der Waals surface area contributed by atoms with E-state index in [1.807, 2.05) is 13.0 Å². The Morgan fingerprint density at radius 1 is 1.50 bits per heavy atom. The maximum atomic E-state index is 13.0. The maximum Gasteiger partial charge on any atom is 0.188 e. The fourth-order valence-corrected chi connectivity index (χ4v) is 1.40. The molecule has 1 heterocycles. The molecule has 1 aromatic carbocycles. The van der Waals surface area contributed by atoms with Crippen LogP contribution in [0.3, 0.4) is 0 Å². The number of nitrogens with one attached hydrogen (secondary N) is 2. The summed E-state index contributed by atoms with van der Waals surface area (Å²) in [6.07, 6.45) is 0. The Morgan fingerprint density at radius 2 is 2.38 bits per heavy atom. The molecule has 0 aliphatic carbocycles. The van der Waals surface area contributed by atoms with Gasteiger partial charge < -0.3 is 5.32 Å². The van der Waals surface area contributed by atoms with Crippen LogP contribution in [0.5, 0.6) is 0 Å². The third kappa shape index (κ3) is 2.60. The molecule has 0 radical (unpaired) electrons. The summed E-state index contributed by atoms with van der Waals surface area (Å²) in [6.45, 7) is 2.45. The van der Waals surface area contributed by atoms with Crippen LogP contribution in [0.15, 0.2) is 24.3 Å². The predicted octanol–water partition coefficient (Wildman–Crippen LogP) is 1.19. The lowest BCUT2D eigenvalue weighted by atomic mass is 10.1. The molecule has 0 amide bonds. The van der Waals surface area contributed by atoms with Gasteiger partial charge in [-0.15, -0.1) is 10.2 Å². The molecule has 0 saturated carbocycles. The standard InChI is InChI=1S/C10H12FN5/c1-7(8-3-2-4-9(11)5-8)12-6-10-13-15-16-14-10/h2-5,7,12H,6H2,1H3,(H,13,14,15,16). The number of aromatic amines is 1. The summed E-state index contributed by atoms with van der Waals surface area (Å²) in [5.41, 5.74) is 0.892. The number of benzene rings is 1. The molecular weight excluding hydrogens is 209 g/mol. The highest BCUT2D eigenvalue weighted by Gasteiger charge is 2.06. The zero-order valence-corrected chi connectivity index (χ0v) is 8.81. The molecule has 1 aromatic heterocycles. The molecular formula is C10H12FN5. The topological polar surface area (TPSA) is 66.5 Å². The highest BCUT2D eigenvalue weighted by Crippen LogP contribution is 2.13. The van der Waals surface area contributed by atoms with E-state index in [4.69, 9.17) is 0 Å². The van der Waals surface area contributed by atoms with Gasteiger partial charge in [-0.05, 0) is 24.6 Å². The molecule has 1 unspecified atom stereocenters. The number of H-pyrrole nitrogens is 1. The smallest absolute Gasteiger partial charge is 0.188 e. The fourth-order valence-electron chi connectivity index (χ4n) is 1.40. The van der Waals surface area contributed by atoms with Crippen molar-refractivity contribution < 1.29 is 4.39 Å². The van der Waals surface area contributed by atoms with Gasteiger partial charge in [0.1, 0.15) is 5.82 Å². The summed E-state index contributed by atoms with van der Waals surface area (Å²) in [5.74, 6) is 0.356. The van der Waals surface area contributed by atoms with Gasteiger partial charge in [0.15, 0.2) is 5.82 Å². The van der Waals surface area contributed by atoms with Gasteiger partial charge in [-0.25, -0.2) is 4.39 Å². The minimum atomic E-state index is -0.231. The van der Waals surface area contributed by atoms with Gasteiger partial charge in [0, 0.05) is 6.04 Å². The van der Waals surface area contributed by atoms with Gasteiger partial charge in [0.05, 0.1) is 6.54 Å². The molecule has 0 saturated heterocycles. The third-order valence-electron chi connectivity index (χ3n) is 2.30. The molecule has 2 aromatic rings. The highest BCUT2D eigenvalue weighted by molar-refractivity contribution is 5.19. The number of halogens is 1. The molecule has 1 atom stereocenters. The lowest BCUT2D eigenvalue weighted by Gasteiger charge is -2.12. The van der Waals surface area contributed by atoms with Gasteiger partial charge in [-0.3, -0.25) is 0 Å². The second-order valence-corrected chi connectivity index (χ2v) is 3.49. The van der Waals surface area contributed by atoms with Crippen molar-refractivity contribution in [3.05, 3.63) is 41.5 Å². The summed E-state index contributed by atoms with van der Waals surface area (Å²) >= 11 is 0. The van der Waals surface area contributed by atoms with Crippen LogP contribution in [0, 0.1) is 5.82 Å². The van der Waals surface area contributed by atoms with E-state index >= 15 is 0 Å². The molecule has 0 spiro atoms. The first-order valence-electron chi connectivity index (χ1n) is 4.97. The molecule has 0 aliphatic rings. The van der Waals surface area contributed by atoms with Crippen molar-refractivity contribution in [3.8, 4) is 0 Å². The maximum absolute atomic E-state index is 13.0. The van der Waals surface area contributed by atoms with Crippen LogP contribution in [0.25, 0.3) is 0 Å². The minimum absolute atomic E-state index is 0.0363. The monoisotopic (exact) mass is 221 g/mol. The molecule has 0 fully saturated rings. The van der Waals surface area contributed by atoms with Crippen LogP contribution >= 0.6 is 0 Å². The van der Waals surface area contributed by atoms with Crippen molar-refractivity contribution in [3.63, 3.8) is 0 Å². The van der Waals surface area contributed by atoms with E-state index in [1.54, 1.807) is 6.07 Å². The van der Waals surface area contributed by atoms with Crippen molar-refractivity contribution in [2.75, 3.05) is 0 Å². The van der Waals surface area contributed by atoms with Gasteiger partial charge in [-0.2, -0.15) is 5.21 Å². The zero-order valence-electron chi connectivity index (χ0n) is 8.81. The molecule has 2 N–H and O–H groups in total. The summed E-state index contributed by atoms with van der Waals surface area (Å²) < 4.78 is 13.0. The Morgan fingerprint density at radius 3 is 3.06 bits per heavy atom. The lowest BCUT2D eigenvalue weighted by Crippen LogP contribution is -2.19. The molecule has 84 valence electrons. The summed E-state index contributed by atoms with van der Waals surface area (Å²) in [6, 6.07) is 6.53. The Kier molecular flexibility index (Phi) is 3.21. The van der Waals surface area contributed by atoms with E-state index < -0.39 is 0 Å². The second-order valence-electron chi connectivity index (χ2n) is 3.49. The normalized spacial score (nSPS) is 12.6. The van der Waals surface area contributed by atoms with Crippen LogP contribution in [0.4, 0.5) is 4.39 Å². The number of rotatable bonds is 4. The minimum Gasteiger partial charge on any atom is -0.303 e. The van der Waals surface area contributed by atoms with Crippen LogP contribution < -0.4 is 5.32 Å². The Labute approximate surface area is 92.1 Å². The van der Waals surface area contributed by atoms with Gasteiger partial charge in [0.25, 0.3) is 0 Å². The Balaban J connectivity index is 1.95. The third-order valence-corrected chi connectivity index (χ3v) is 2.30. The first kappa shape index (κ1) is 10.7. The Bertz CT molecular complexity index is 442. The number of hydrogen-bond donors (Lipinski definition) is 2. The Hall–Kier alpha value is -1.82. The van der Waals surface area contributed by atoms with E-state index in [1.165, 1.54) is 12.1 Å². The summed E-state index contributed by atoms with van der Waals surface area (Å²) in [4.78, 5) is 0. The van der Waals surface area contributed by atoms with Crippen molar-refractivity contribution in [1.82, 2.24) is 25.9 Å². The highest BCUT2D eigenvalue weighted by atomic mass is 19.1. The largest absolute Gasteiger partial charge is 0.303 e. The molecule has 0 bridgehead atoms. The number of aromatic nitrogens is 4. The van der Waals surface area contributed by atoms with Gasteiger partial charge >= 0.3 is 0 Å². The zero-order chi connectivity index (χ0) is 11.4. The van der Waals surface area contributed by atoms with Crippen molar-refractivity contribution in [2.24, 2.45) is 0 Å². The summed E-state index contributed by atoms with van der Waals surface area (Å²) in [7, 11) is 0. The molecule has 5 nitrogen and oxygen atoms in total. The van der Waals surface area contributed by atoms with E-state index in [9.17, 15) is 4.39 Å². The second kappa shape index (κ2) is 4.80. The average molecular weight is 221 g/mol. The first-order chi connectivity index (χ1) is 7.75. The van der Waals surface area contributed by atoms with Crippen LogP contribution in [0.1, 0.15) is 24.4 Å². The number of nitrogens with zero attached hydrogens (tertiary/aromatic N) is 3. The van der Waals surface area contributed by atoms with Crippen LogP contribution in [0.2, 0.25) is 0 Å². The quantitative estimate of drug-likeness (QED) is 0.813. The van der Waals surface area contributed by atoms with Crippen molar-refractivity contribution in [1.29, 1.82) is 0 Å². The van der Waals surface area contributed by atoms with E-state index in [0.717, 1.165) is 5.56 Å². The SMILES string of the molecule is CC(NCc1nn[nH]n1)c1cccc(F)c1. The first-order valence-corrected chi connectivity index (χ1v) is 4.97. The molecule has 2 rings (SSSR count). The molecule has 16 heavy (non-hydrogen) atoms. The number of hydrogen-bond acceptors (Lipinski definition) is 4. The summed E-state index contributed by atoms with van der Waals surface area (Å²) in [5, 5.41) is 16.6. The van der Waals surface area contributed by atoms with Crippen molar-refractivity contribution in [2.45, 2.75) is 19.5 Å². The fraction of sp³-hybridized carbons (Fsp3) is 0.300. The van der Waals surface area contributed by atoms with E-state index in [0.29, 0.717) is 12.4 Å². The van der Waals surface area contributed by atoms with E-state index in [2.05, 4.69) is 25.9 Å². The predicted molar refractivity (Wildman–Crippen MR) is 55.8 cm³/mol. The van der Waals surface area contributed by atoms with Crippen LogP contribution in [-0.4, -0.2) is 20.6 Å². The lowest BCUT2D eigenvalue weighted by molar-refractivity contribution is 0.552.